The molecule has 1 aromatic rings. The summed E-state index contributed by atoms with van der Waals surface area (Å²) >= 11 is 4.86. The Balaban J connectivity index is 2.23. The molecule has 0 radical (unpaired) electrons. The van der Waals surface area contributed by atoms with Crippen molar-refractivity contribution in [1.82, 2.24) is 14.5 Å². The van der Waals surface area contributed by atoms with Crippen LogP contribution >= 0.6 is 27.3 Å². The third-order valence-corrected chi connectivity index (χ3v) is 7.65. The first-order chi connectivity index (χ1) is 9.36. The monoisotopic (exact) mass is 381 g/mol. The van der Waals surface area contributed by atoms with Gasteiger partial charge in [0.05, 0.1) is 3.79 Å². The van der Waals surface area contributed by atoms with E-state index in [1.807, 2.05) is 21.1 Å². The summed E-state index contributed by atoms with van der Waals surface area (Å²) in [7, 11) is 2.45. The second-order valence-corrected chi connectivity index (χ2v) is 9.51. The average molecular weight is 382 g/mol. The highest BCUT2D eigenvalue weighted by molar-refractivity contribution is 9.11. The molecule has 0 spiro atoms. The van der Waals surface area contributed by atoms with Gasteiger partial charge in [-0.2, -0.15) is 4.31 Å². The first kappa shape index (κ1) is 16.4. The number of hydrogen-bond donors (Lipinski definition) is 1. The fraction of sp³-hybridized carbons (Fsp3) is 0.667. The van der Waals surface area contributed by atoms with Crippen molar-refractivity contribution >= 4 is 37.3 Å². The van der Waals surface area contributed by atoms with Crippen molar-refractivity contribution in [3.05, 3.63) is 14.7 Å². The Labute approximate surface area is 133 Å². The normalized spacial score (nSPS) is 20.9. The third-order valence-electron chi connectivity index (χ3n) is 3.53. The van der Waals surface area contributed by atoms with E-state index in [-0.39, 0.29) is 0 Å². The van der Waals surface area contributed by atoms with Crippen molar-refractivity contribution in [3.63, 3.8) is 0 Å². The lowest BCUT2D eigenvalue weighted by Gasteiger charge is -2.20. The molecule has 0 amide bonds. The number of hydrogen-bond acceptors (Lipinski definition) is 5. The zero-order valence-electron chi connectivity index (χ0n) is 11.9. The van der Waals surface area contributed by atoms with E-state index in [1.165, 1.54) is 11.3 Å². The van der Waals surface area contributed by atoms with Crippen molar-refractivity contribution in [3.8, 4) is 0 Å². The summed E-state index contributed by atoms with van der Waals surface area (Å²) in [6, 6.07) is 2.07. The van der Waals surface area contributed by atoms with Gasteiger partial charge in [0, 0.05) is 30.6 Å². The summed E-state index contributed by atoms with van der Waals surface area (Å²) in [6.07, 6.45) is 0.886. The van der Waals surface area contributed by atoms with Crippen LogP contribution in [0.4, 0.5) is 0 Å². The first-order valence-electron chi connectivity index (χ1n) is 6.45. The summed E-state index contributed by atoms with van der Waals surface area (Å²) in [5.74, 6) is 0. The van der Waals surface area contributed by atoms with E-state index in [9.17, 15) is 8.42 Å². The predicted octanol–water partition coefficient (Wildman–Crippen LogP) is 1.55. The van der Waals surface area contributed by atoms with Gasteiger partial charge in [-0.25, -0.2) is 8.42 Å². The standard InChI is InChI=1S/C12H20BrN3O2S2/c1-14-7-10-6-11(12(13)19-10)20(17,18)16-5-4-9(8-16)15(2)3/h6,9,14H,4-5,7-8H2,1-3H3. The first-order valence-corrected chi connectivity index (χ1v) is 9.50. The van der Waals surface area contributed by atoms with Crippen LogP contribution in [0, 0.1) is 0 Å². The van der Waals surface area contributed by atoms with Gasteiger partial charge in [-0.05, 0) is 49.6 Å². The van der Waals surface area contributed by atoms with E-state index in [4.69, 9.17) is 0 Å². The molecule has 0 aliphatic carbocycles. The van der Waals surface area contributed by atoms with Crippen molar-refractivity contribution in [2.24, 2.45) is 0 Å². The Morgan fingerprint density at radius 2 is 2.25 bits per heavy atom. The van der Waals surface area contributed by atoms with Crippen molar-refractivity contribution < 1.29 is 8.42 Å². The van der Waals surface area contributed by atoms with E-state index in [2.05, 4.69) is 26.1 Å². The molecule has 1 aliphatic rings. The molecule has 20 heavy (non-hydrogen) atoms. The van der Waals surface area contributed by atoms with Crippen LogP contribution in [0.1, 0.15) is 11.3 Å². The molecule has 0 saturated carbocycles. The fourth-order valence-corrected chi connectivity index (χ4v) is 6.46. The van der Waals surface area contributed by atoms with E-state index in [1.54, 1.807) is 10.4 Å². The molecule has 114 valence electrons. The van der Waals surface area contributed by atoms with Crippen LogP contribution in [-0.4, -0.2) is 57.9 Å². The van der Waals surface area contributed by atoms with Gasteiger partial charge in [-0.15, -0.1) is 11.3 Å². The number of sulfonamides is 1. The summed E-state index contributed by atoms with van der Waals surface area (Å²) < 4.78 is 27.7. The predicted molar refractivity (Wildman–Crippen MR) is 85.6 cm³/mol. The minimum absolute atomic E-state index is 0.305. The van der Waals surface area contributed by atoms with Gasteiger partial charge in [-0.3, -0.25) is 0 Å². The highest BCUT2D eigenvalue weighted by atomic mass is 79.9. The maximum Gasteiger partial charge on any atom is 0.245 e. The zero-order chi connectivity index (χ0) is 14.9. The fourth-order valence-electron chi connectivity index (χ4n) is 2.32. The van der Waals surface area contributed by atoms with Gasteiger partial charge in [-0.1, -0.05) is 0 Å². The van der Waals surface area contributed by atoms with Crippen LogP contribution in [-0.2, 0) is 16.6 Å². The van der Waals surface area contributed by atoms with Crippen LogP contribution in [0.25, 0.3) is 0 Å². The van der Waals surface area contributed by atoms with Gasteiger partial charge in [0.25, 0.3) is 0 Å². The van der Waals surface area contributed by atoms with E-state index in [0.717, 1.165) is 11.3 Å². The summed E-state index contributed by atoms with van der Waals surface area (Å²) in [5.41, 5.74) is 0. The van der Waals surface area contributed by atoms with Crippen LogP contribution in [0.5, 0.6) is 0 Å². The molecular weight excluding hydrogens is 362 g/mol. The smallest absolute Gasteiger partial charge is 0.245 e. The molecule has 5 nitrogen and oxygen atoms in total. The number of likely N-dealkylation sites (N-methyl/N-ethyl adjacent to an activating group) is 1. The molecule has 1 aromatic heterocycles. The molecule has 8 heteroatoms. The average Bonchev–Trinajstić information content (AvgIpc) is 2.96. The number of nitrogens with one attached hydrogen (secondary N) is 1. The Morgan fingerprint density at radius 3 is 2.80 bits per heavy atom. The maximum atomic E-state index is 12.7. The largest absolute Gasteiger partial charge is 0.315 e. The molecule has 2 heterocycles. The number of thiophene rings is 1. The highest BCUT2D eigenvalue weighted by Gasteiger charge is 2.35. The molecule has 0 aromatic carbocycles. The topological polar surface area (TPSA) is 52.7 Å². The lowest BCUT2D eigenvalue weighted by molar-refractivity contribution is 0.302. The second kappa shape index (κ2) is 6.41. The van der Waals surface area contributed by atoms with Crippen molar-refractivity contribution in [1.29, 1.82) is 0 Å². The molecule has 1 N–H and O–H groups in total. The van der Waals surface area contributed by atoms with Gasteiger partial charge in [0.15, 0.2) is 0 Å². The maximum absolute atomic E-state index is 12.7. The minimum Gasteiger partial charge on any atom is -0.315 e. The van der Waals surface area contributed by atoms with Crippen LogP contribution < -0.4 is 5.32 Å². The molecule has 1 fully saturated rings. The third kappa shape index (κ3) is 3.26. The van der Waals surface area contributed by atoms with E-state index >= 15 is 0 Å². The SMILES string of the molecule is CNCc1cc(S(=O)(=O)N2CCC(N(C)C)C2)c(Br)s1. The van der Waals surface area contributed by atoms with E-state index < -0.39 is 10.0 Å². The molecular formula is C12H20BrN3O2S2. The van der Waals surface area contributed by atoms with Gasteiger partial charge >= 0.3 is 0 Å². The molecule has 0 bridgehead atoms. The number of halogens is 1. The van der Waals surface area contributed by atoms with Crippen LogP contribution in [0.15, 0.2) is 14.7 Å². The Bertz CT molecular complexity index is 571. The molecule has 1 unspecified atom stereocenters. The number of rotatable bonds is 5. The van der Waals surface area contributed by atoms with E-state index in [0.29, 0.717) is 34.4 Å². The molecule has 1 atom stereocenters. The van der Waals surface area contributed by atoms with Crippen LogP contribution in [0.2, 0.25) is 0 Å². The van der Waals surface area contributed by atoms with Crippen LogP contribution in [0.3, 0.4) is 0 Å². The summed E-state index contributed by atoms with van der Waals surface area (Å²) in [4.78, 5) is 3.50. The second-order valence-electron chi connectivity index (χ2n) is 5.15. The summed E-state index contributed by atoms with van der Waals surface area (Å²) in [6.45, 7) is 1.84. The molecule has 2 rings (SSSR count). The highest BCUT2D eigenvalue weighted by Crippen LogP contribution is 2.34. The van der Waals surface area contributed by atoms with Crippen molar-refractivity contribution in [2.75, 3.05) is 34.2 Å². The van der Waals surface area contributed by atoms with Gasteiger partial charge in [0.1, 0.15) is 4.90 Å². The minimum atomic E-state index is -3.39. The summed E-state index contributed by atoms with van der Waals surface area (Å²) in [5, 5.41) is 3.04. The van der Waals surface area contributed by atoms with Crippen molar-refractivity contribution in [2.45, 2.75) is 23.9 Å². The molecule has 1 aliphatic heterocycles. The quantitative estimate of drug-likeness (QED) is 0.840. The lowest BCUT2D eigenvalue weighted by atomic mass is 10.2. The Kier molecular flexibility index (Phi) is 5.25. The van der Waals surface area contributed by atoms with Gasteiger partial charge in [0.2, 0.25) is 10.0 Å². The number of nitrogens with zero attached hydrogens (tertiary/aromatic N) is 2. The lowest BCUT2D eigenvalue weighted by Crippen LogP contribution is -2.34. The molecule has 1 saturated heterocycles. The Morgan fingerprint density at radius 1 is 1.55 bits per heavy atom. The van der Waals surface area contributed by atoms with Gasteiger partial charge < -0.3 is 10.2 Å². The Hall–Kier alpha value is 0.01000. The zero-order valence-corrected chi connectivity index (χ0v) is 15.1.